The number of amides is 2. The maximum Gasteiger partial charge on any atom is 0.475 e. The first-order valence-electron chi connectivity index (χ1n) is 10.9. The van der Waals surface area contributed by atoms with Crippen molar-refractivity contribution in [1.82, 2.24) is 10.2 Å². The Hall–Kier alpha value is -2.83. The van der Waals surface area contributed by atoms with Crippen LogP contribution >= 0.6 is 0 Å². The average molecular weight is 439 g/mol. The lowest BCUT2D eigenvalue weighted by atomic mass is 9.76. The number of allylic oxidation sites excluding steroid dienone is 1. The van der Waals surface area contributed by atoms with Gasteiger partial charge in [0.05, 0.1) is 12.0 Å². The summed E-state index contributed by atoms with van der Waals surface area (Å²) in [6, 6.07) is 10.9. The molecule has 0 spiro atoms. The number of fused-ring (bicyclic) bond motifs is 1. The van der Waals surface area contributed by atoms with Crippen molar-refractivity contribution in [3.8, 4) is 6.07 Å². The predicted octanol–water partition coefficient (Wildman–Crippen LogP) is 1.68. The summed E-state index contributed by atoms with van der Waals surface area (Å²) in [4.78, 5) is 26.9. The topological polar surface area (TPSA) is 123 Å². The third-order valence-corrected chi connectivity index (χ3v) is 5.84. The first-order valence-corrected chi connectivity index (χ1v) is 10.9. The van der Waals surface area contributed by atoms with E-state index in [4.69, 9.17) is 4.74 Å². The molecule has 2 amide bonds. The van der Waals surface area contributed by atoms with E-state index in [9.17, 15) is 24.9 Å². The molecule has 3 N–H and O–H groups in total. The van der Waals surface area contributed by atoms with Gasteiger partial charge in [0.1, 0.15) is 18.2 Å². The van der Waals surface area contributed by atoms with Gasteiger partial charge in [-0.2, -0.15) is 5.26 Å². The molecular formula is C23H30BN3O5. The maximum atomic E-state index is 13.0. The molecule has 1 heterocycles. The van der Waals surface area contributed by atoms with E-state index in [1.807, 2.05) is 57.2 Å². The van der Waals surface area contributed by atoms with Gasteiger partial charge >= 0.3 is 13.2 Å². The zero-order valence-electron chi connectivity index (χ0n) is 18.7. The number of hydrogen-bond donors (Lipinski definition) is 3. The van der Waals surface area contributed by atoms with Gasteiger partial charge in [0.2, 0.25) is 0 Å². The highest BCUT2D eigenvalue weighted by molar-refractivity contribution is 6.43. The number of likely N-dealkylation sites (tertiary alicyclic amines) is 1. The normalized spacial score (nSPS) is 23.1. The zero-order chi connectivity index (χ0) is 23.5. The predicted molar refractivity (Wildman–Crippen MR) is 119 cm³/mol. The molecule has 32 heavy (non-hydrogen) atoms. The number of rotatable bonds is 7. The summed E-state index contributed by atoms with van der Waals surface area (Å²) in [6.07, 6.45) is 2.09. The maximum absolute atomic E-state index is 13.0. The molecule has 9 heteroatoms. The minimum Gasteiger partial charge on any atom is -0.447 e. The molecule has 1 aliphatic heterocycles. The monoisotopic (exact) mass is 439 g/mol. The smallest absolute Gasteiger partial charge is 0.447 e. The number of alkyl carbamates (subject to hydrolysis) is 1. The Morgan fingerprint density at radius 1 is 1.34 bits per heavy atom. The summed E-state index contributed by atoms with van der Waals surface area (Å²) in [6.45, 7) is 6.31. The van der Waals surface area contributed by atoms with E-state index in [2.05, 4.69) is 5.32 Å². The number of benzene rings is 1. The van der Waals surface area contributed by atoms with E-state index in [0.717, 1.165) is 12.0 Å². The van der Waals surface area contributed by atoms with Gasteiger partial charge in [-0.3, -0.25) is 4.79 Å². The average Bonchev–Trinajstić information content (AvgIpc) is 3.41. The number of ether oxygens (including phenoxy) is 1. The number of piperidine rings is 1. The standard InChI is InChI=1S/C23H30BN3O5/c1-23(2,3)11-17(12-25)21(28)27-13-16-10-18(16)19(27)14-32-22(29)26-20(24(30)31)9-15-7-5-4-6-8-15/h4-8,11,16,18-20,30-31H,9-10,13-14H2,1-3H3,(H,26,29)/t16-,18-,19+,20-/m0/s1. The summed E-state index contributed by atoms with van der Waals surface area (Å²) in [5.74, 6) is -0.642. The Balaban J connectivity index is 1.59. The van der Waals surface area contributed by atoms with Gasteiger partial charge in [0.15, 0.2) is 0 Å². The second kappa shape index (κ2) is 9.76. The highest BCUT2D eigenvalue weighted by atomic mass is 16.5. The lowest BCUT2D eigenvalue weighted by molar-refractivity contribution is -0.129. The Kier molecular flexibility index (Phi) is 7.27. The second-order valence-corrected chi connectivity index (χ2v) is 9.67. The SMILES string of the molecule is CC(C)(C)C=C(C#N)C(=O)N1C[C@@H]2C[C@@H]2[C@H]1COC(=O)N[C@@H](Cc1ccccc1)B(O)O. The van der Waals surface area contributed by atoms with Gasteiger partial charge in [-0.15, -0.1) is 0 Å². The number of nitrogens with one attached hydrogen (secondary N) is 1. The van der Waals surface area contributed by atoms with Crippen molar-refractivity contribution in [1.29, 1.82) is 5.26 Å². The van der Waals surface area contributed by atoms with Crippen molar-refractivity contribution in [2.75, 3.05) is 13.2 Å². The second-order valence-electron chi connectivity index (χ2n) is 9.67. The number of carbonyl (C=O) groups excluding carboxylic acids is 2. The van der Waals surface area contributed by atoms with E-state index < -0.39 is 19.2 Å². The van der Waals surface area contributed by atoms with Crippen LogP contribution in [0.3, 0.4) is 0 Å². The van der Waals surface area contributed by atoms with Gasteiger partial charge in [-0.1, -0.05) is 57.2 Å². The van der Waals surface area contributed by atoms with Crippen LogP contribution in [0.4, 0.5) is 4.79 Å². The number of nitriles is 1. The summed E-state index contributed by atoms with van der Waals surface area (Å²) < 4.78 is 5.37. The Bertz CT molecular complexity index is 906. The molecule has 0 unspecified atom stereocenters. The van der Waals surface area contributed by atoms with Crippen molar-refractivity contribution in [2.24, 2.45) is 17.3 Å². The fraction of sp³-hybridized carbons (Fsp3) is 0.522. The molecular weight excluding hydrogens is 409 g/mol. The molecule has 0 aromatic heterocycles. The molecule has 1 aliphatic carbocycles. The van der Waals surface area contributed by atoms with Gasteiger partial charge in [-0.05, 0) is 35.7 Å². The van der Waals surface area contributed by atoms with Crippen molar-refractivity contribution in [3.63, 3.8) is 0 Å². The van der Waals surface area contributed by atoms with Crippen LogP contribution < -0.4 is 5.32 Å². The first kappa shape index (κ1) is 23.8. The van der Waals surface area contributed by atoms with Crippen LogP contribution in [0.5, 0.6) is 0 Å². The van der Waals surface area contributed by atoms with E-state index in [1.165, 1.54) is 0 Å². The minimum absolute atomic E-state index is 0.00739. The van der Waals surface area contributed by atoms with Crippen LogP contribution in [-0.2, 0) is 16.0 Å². The molecule has 0 radical (unpaired) electrons. The highest BCUT2D eigenvalue weighted by Crippen LogP contribution is 2.50. The quantitative estimate of drug-likeness (QED) is 0.338. The molecule has 4 atom stereocenters. The minimum atomic E-state index is -1.75. The highest BCUT2D eigenvalue weighted by Gasteiger charge is 2.54. The summed E-state index contributed by atoms with van der Waals surface area (Å²) in [7, 11) is -1.75. The fourth-order valence-electron chi connectivity index (χ4n) is 4.20. The molecule has 2 aliphatic rings. The Morgan fingerprint density at radius 2 is 2.03 bits per heavy atom. The van der Waals surface area contributed by atoms with E-state index in [1.54, 1.807) is 11.0 Å². The van der Waals surface area contributed by atoms with E-state index in [-0.39, 0.29) is 41.9 Å². The molecule has 3 rings (SSSR count). The zero-order valence-corrected chi connectivity index (χ0v) is 18.7. The van der Waals surface area contributed by atoms with Crippen molar-refractivity contribution < 1.29 is 24.4 Å². The molecule has 170 valence electrons. The van der Waals surface area contributed by atoms with E-state index in [0.29, 0.717) is 12.5 Å². The summed E-state index contributed by atoms with van der Waals surface area (Å²) in [5.41, 5.74) is 0.627. The van der Waals surface area contributed by atoms with Gasteiger partial charge in [0.25, 0.3) is 5.91 Å². The Morgan fingerprint density at radius 3 is 2.62 bits per heavy atom. The summed E-state index contributed by atoms with van der Waals surface area (Å²) >= 11 is 0. The van der Waals surface area contributed by atoms with Crippen LogP contribution in [-0.4, -0.2) is 59.2 Å². The van der Waals surface area contributed by atoms with Crippen molar-refractivity contribution in [2.45, 2.75) is 45.6 Å². The van der Waals surface area contributed by atoms with Gasteiger partial charge in [-0.25, -0.2) is 4.79 Å². The molecule has 2 fully saturated rings. The molecule has 1 aromatic carbocycles. The third kappa shape index (κ3) is 6.12. The lowest BCUT2D eigenvalue weighted by Gasteiger charge is -2.28. The fourth-order valence-corrected chi connectivity index (χ4v) is 4.20. The van der Waals surface area contributed by atoms with Crippen LogP contribution in [0.2, 0.25) is 0 Å². The number of hydrogen-bond acceptors (Lipinski definition) is 6. The molecule has 1 saturated heterocycles. The number of carbonyl (C=O) groups is 2. The van der Waals surface area contributed by atoms with Gasteiger partial charge in [0, 0.05) is 6.54 Å². The molecule has 8 nitrogen and oxygen atoms in total. The first-order chi connectivity index (χ1) is 15.1. The third-order valence-electron chi connectivity index (χ3n) is 5.84. The number of nitrogens with zero attached hydrogens (tertiary/aromatic N) is 2. The lowest BCUT2D eigenvalue weighted by Crippen LogP contribution is -2.49. The summed E-state index contributed by atoms with van der Waals surface area (Å²) in [5, 5.41) is 31.2. The van der Waals surface area contributed by atoms with Gasteiger partial charge < -0.3 is 25.0 Å². The van der Waals surface area contributed by atoms with Crippen LogP contribution in [0, 0.1) is 28.6 Å². The van der Waals surface area contributed by atoms with Crippen LogP contribution in [0.15, 0.2) is 42.0 Å². The van der Waals surface area contributed by atoms with Crippen LogP contribution in [0.25, 0.3) is 0 Å². The molecule has 0 bridgehead atoms. The van der Waals surface area contributed by atoms with E-state index >= 15 is 0 Å². The van der Waals surface area contributed by atoms with Crippen LogP contribution in [0.1, 0.15) is 32.8 Å². The molecule has 1 saturated carbocycles. The molecule has 1 aromatic rings. The Labute approximate surface area is 189 Å². The van der Waals surface area contributed by atoms with Crippen molar-refractivity contribution >= 4 is 19.1 Å². The van der Waals surface area contributed by atoms with Crippen molar-refractivity contribution in [3.05, 3.63) is 47.5 Å². The largest absolute Gasteiger partial charge is 0.475 e.